The van der Waals surface area contributed by atoms with Gasteiger partial charge >= 0.3 is 0 Å². The van der Waals surface area contributed by atoms with Gasteiger partial charge in [0.15, 0.2) is 5.78 Å². The van der Waals surface area contributed by atoms with Gasteiger partial charge in [0.25, 0.3) is 0 Å². The van der Waals surface area contributed by atoms with Gasteiger partial charge in [0, 0.05) is 12.0 Å². The molecule has 2 nitrogen and oxygen atoms in total. The second-order valence-corrected chi connectivity index (χ2v) is 4.21. The van der Waals surface area contributed by atoms with Gasteiger partial charge in [0.2, 0.25) is 0 Å². The largest absolute Gasteiger partial charge is 0.299 e. The van der Waals surface area contributed by atoms with Crippen LogP contribution in [0.25, 0.3) is 0 Å². The van der Waals surface area contributed by atoms with E-state index < -0.39 is 0 Å². The average Bonchev–Trinajstić information content (AvgIpc) is 2.21. The minimum absolute atomic E-state index is 0.0356. The standard InChI is InChI=1S/C14H18O2/c1-4-5-12(15)9-14(16)13-8-10(2)6-7-11(13)3/h6-8H,4-5,9H2,1-3H3. The van der Waals surface area contributed by atoms with Crippen LogP contribution in [0.5, 0.6) is 0 Å². The van der Waals surface area contributed by atoms with E-state index >= 15 is 0 Å². The summed E-state index contributed by atoms with van der Waals surface area (Å²) < 4.78 is 0. The number of rotatable bonds is 5. The van der Waals surface area contributed by atoms with Crippen LogP contribution in [0.1, 0.15) is 47.7 Å². The number of carbonyl (C=O) groups is 2. The van der Waals surface area contributed by atoms with Crippen LogP contribution < -0.4 is 0 Å². The van der Waals surface area contributed by atoms with Crippen LogP contribution in [0.3, 0.4) is 0 Å². The summed E-state index contributed by atoms with van der Waals surface area (Å²) in [6.07, 6.45) is 1.34. The average molecular weight is 218 g/mol. The third-order valence-electron chi connectivity index (χ3n) is 2.58. The summed E-state index contributed by atoms with van der Waals surface area (Å²) in [7, 11) is 0. The van der Waals surface area contributed by atoms with Gasteiger partial charge in [0.1, 0.15) is 5.78 Å². The highest BCUT2D eigenvalue weighted by Crippen LogP contribution is 2.13. The molecule has 0 saturated heterocycles. The lowest BCUT2D eigenvalue weighted by molar-refractivity contribution is -0.118. The van der Waals surface area contributed by atoms with Crippen LogP contribution >= 0.6 is 0 Å². The lowest BCUT2D eigenvalue weighted by Crippen LogP contribution is -2.09. The zero-order valence-electron chi connectivity index (χ0n) is 10.2. The Kier molecular flexibility index (Phi) is 4.41. The Morgan fingerprint density at radius 1 is 1.19 bits per heavy atom. The molecule has 0 aliphatic carbocycles. The van der Waals surface area contributed by atoms with E-state index in [1.165, 1.54) is 0 Å². The first-order chi connectivity index (χ1) is 7.54. The summed E-state index contributed by atoms with van der Waals surface area (Å²) in [5.41, 5.74) is 2.68. The molecule has 1 aromatic rings. The molecule has 0 N–H and O–H groups in total. The Bertz CT molecular complexity index is 405. The van der Waals surface area contributed by atoms with E-state index in [-0.39, 0.29) is 18.0 Å². The van der Waals surface area contributed by atoms with Gasteiger partial charge < -0.3 is 0 Å². The lowest BCUT2D eigenvalue weighted by Gasteiger charge is -2.05. The number of hydrogen-bond acceptors (Lipinski definition) is 2. The van der Waals surface area contributed by atoms with E-state index in [4.69, 9.17) is 0 Å². The van der Waals surface area contributed by atoms with E-state index in [2.05, 4.69) is 0 Å². The van der Waals surface area contributed by atoms with Crippen molar-refractivity contribution in [2.75, 3.05) is 0 Å². The Morgan fingerprint density at radius 2 is 1.88 bits per heavy atom. The van der Waals surface area contributed by atoms with E-state index in [0.717, 1.165) is 17.5 Å². The lowest BCUT2D eigenvalue weighted by atomic mass is 9.98. The third-order valence-corrected chi connectivity index (χ3v) is 2.58. The summed E-state index contributed by atoms with van der Waals surface area (Å²) in [5, 5.41) is 0. The molecule has 0 spiro atoms. The predicted molar refractivity (Wildman–Crippen MR) is 64.8 cm³/mol. The van der Waals surface area contributed by atoms with E-state index in [0.29, 0.717) is 12.0 Å². The van der Waals surface area contributed by atoms with Gasteiger partial charge in [-0.2, -0.15) is 0 Å². The molecular formula is C14H18O2. The van der Waals surface area contributed by atoms with Crippen molar-refractivity contribution in [3.8, 4) is 0 Å². The van der Waals surface area contributed by atoms with Crippen molar-refractivity contribution < 1.29 is 9.59 Å². The molecule has 0 aromatic heterocycles. The number of aryl methyl sites for hydroxylation is 2. The number of hydrogen-bond donors (Lipinski definition) is 0. The molecule has 0 saturated carbocycles. The number of carbonyl (C=O) groups excluding carboxylic acids is 2. The first kappa shape index (κ1) is 12.6. The number of benzene rings is 1. The van der Waals surface area contributed by atoms with Crippen molar-refractivity contribution in [2.24, 2.45) is 0 Å². The minimum Gasteiger partial charge on any atom is -0.299 e. The second-order valence-electron chi connectivity index (χ2n) is 4.21. The van der Waals surface area contributed by atoms with Crippen molar-refractivity contribution in [3.63, 3.8) is 0 Å². The summed E-state index contributed by atoms with van der Waals surface area (Å²) in [5.74, 6) is -0.0203. The maximum absolute atomic E-state index is 11.9. The molecule has 0 amide bonds. The third kappa shape index (κ3) is 3.30. The SMILES string of the molecule is CCCC(=O)CC(=O)c1cc(C)ccc1C. The fourth-order valence-electron chi connectivity index (χ4n) is 1.68. The molecule has 16 heavy (non-hydrogen) atoms. The number of ketones is 2. The maximum atomic E-state index is 11.9. The van der Waals surface area contributed by atoms with E-state index in [1.807, 2.05) is 39.0 Å². The topological polar surface area (TPSA) is 34.1 Å². The van der Waals surface area contributed by atoms with E-state index in [1.54, 1.807) is 0 Å². The molecule has 1 aromatic carbocycles. The molecule has 86 valence electrons. The summed E-state index contributed by atoms with van der Waals surface area (Å²) in [6.45, 7) is 5.79. The van der Waals surface area contributed by atoms with Crippen LogP contribution in [0, 0.1) is 13.8 Å². The maximum Gasteiger partial charge on any atom is 0.170 e. The molecule has 0 fully saturated rings. The van der Waals surface area contributed by atoms with Crippen LogP contribution in [-0.4, -0.2) is 11.6 Å². The van der Waals surface area contributed by atoms with Gasteiger partial charge in [-0.05, 0) is 31.9 Å². The van der Waals surface area contributed by atoms with Crippen LogP contribution in [0.15, 0.2) is 18.2 Å². The Balaban J connectivity index is 2.80. The van der Waals surface area contributed by atoms with Crippen molar-refractivity contribution in [2.45, 2.75) is 40.0 Å². The number of Topliss-reactive ketones (excluding diaryl/α,β-unsaturated/α-hetero) is 2. The van der Waals surface area contributed by atoms with Crippen molar-refractivity contribution in [1.29, 1.82) is 0 Å². The van der Waals surface area contributed by atoms with Crippen molar-refractivity contribution in [1.82, 2.24) is 0 Å². The van der Waals surface area contributed by atoms with Gasteiger partial charge in [-0.25, -0.2) is 0 Å². The quantitative estimate of drug-likeness (QED) is 0.561. The highest BCUT2D eigenvalue weighted by molar-refractivity contribution is 6.08. The van der Waals surface area contributed by atoms with Gasteiger partial charge in [-0.1, -0.05) is 24.6 Å². The van der Waals surface area contributed by atoms with Crippen LogP contribution in [0.4, 0.5) is 0 Å². The first-order valence-corrected chi connectivity index (χ1v) is 5.66. The highest BCUT2D eigenvalue weighted by atomic mass is 16.1. The van der Waals surface area contributed by atoms with E-state index in [9.17, 15) is 9.59 Å². The molecule has 0 radical (unpaired) electrons. The predicted octanol–water partition coefficient (Wildman–Crippen LogP) is 3.25. The van der Waals surface area contributed by atoms with Crippen molar-refractivity contribution in [3.05, 3.63) is 34.9 Å². The van der Waals surface area contributed by atoms with Crippen LogP contribution in [0.2, 0.25) is 0 Å². The monoisotopic (exact) mass is 218 g/mol. The first-order valence-electron chi connectivity index (χ1n) is 5.66. The fraction of sp³-hybridized carbons (Fsp3) is 0.429. The van der Waals surface area contributed by atoms with Gasteiger partial charge in [-0.3, -0.25) is 9.59 Å². The summed E-state index contributed by atoms with van der Waals surface area (Å²) >= 11 is 0. The zero-order valence-corrected chi connectivity index (χ0v) is 10.2. The van der Waals surface area contributed by atoms with Crippen LogP contribution in [-0.2, 0) is 4.79 Å². The molecule has 0 aliphatic heterocycles. The van der Waals surface area contributed by atoms with Crippen molar-refractivity contribution >= 4 is 11.6 Å². The second kappa shape index (κ2) is 5.59. The molecular weight excluding hydrogens is 200 g/mol. The summed E-state index contributed by atoms with van der Waals surface area (Å²) in [4.78, 5) is 23.3. The molecule has 2 heteroatoms. The molecule has 0 heterocycles. The minimum atomic E-state index is -0.0559. The van der Waals surface area contributed by atoms with Gasteiger partial charge in [0.05, 0.1) is 6.42 Å². The smallest absolute Gasteiger partial charge is 0.170 e. The summed E-state index contributed by atoms with van der Waals surface area (Å²) in [6, 6.07) is 5.75. The molecule has 0 aliphatic rings. The molecule has 1 rings (SSSR count). The molecule has 0 atom stereocenters. The Labute approximate surface area is 96.7 Å². The van der Waals surface area contributed by atoms with Gasteiger partial charge in [-0.15, -0.1) is 0 Å². The molecule has 0 unspecified atom stereocenters. The normalized spacial score (nSPS) is 10.2. The zero-order chi connectivity index (χ0) is 12.1. The highest BCUT2D eigenvalue weighted by Gasteiger charge is 2.13. The fourth-order valence-corrected chi connectivity index (χ4v) is 1.68. The molecule has 0 bridgehead atoms. The Hall–Kier alpha value is -1.44. The Morgan fingerprint density at radius 3 is 2.50 bits per heavy atom.